The zero-order chi connectivity index (χ0) is 14.4. The Labute approximate surface area is 117 Å². The minimum Gasteiger partial charge on any atom is -0.377 e. The van der Waals surface area contributed by atoms with E-state index in [0.29, 0.717) is 12.5 Å². The van der Waals surface area contributed by atoms with Crippen LogP contribution in [0.3, 0.4) is 0 Å². The van der Waals surface area contributed by atoms with E-state index >= 15 is 0 Å². The normalized spacial score (nSPS) is 22.1. The molecular formula is C14H19N3O3. The molecule has 20 heavy (non-hydrogen) atoms. The van der Waals surface area contributed by atoms with E-state index in [-0.39, 0.29) is 24.1 Å². The molecule has 2 amide bonds. The van der Waals surface area contributed by atoms with Crippen molar-refractivity contribution in [1.82, 2.24) is 15.8 Å². The molecule has 0 saturated carbocycles. The topological polar surface area (TPSA) is 80.3 Å². The molecule has 2 heterocycles. The molecule has 1 aliphatic rings. The van der Waals surface area contributed by atoms with Crippen molar-refractivity contribution in [2.45, 2.75) is 32.3 Å². The summed E-state index contributed by atoms with van der Waals surface area (Å²) in [5.41, 5.74) is 4.98. The number of nitrogens with one attached hydrogen (secondary N) is 2. The van der Waals surface area contributed by atoms with Gasteiger partial charge in [-0.3, -0.25) is 25.4 Å². The molecule has 6 nitrogen and oxygen atoms in total. The predicted octanol–water partition coefficient (Wildman–Crippen LogP) is 1.05. The van der Waals surface area contributed by atoms with E-state index in [4.69, 9.17) is 4.74 Å². The first-order valence-electron chi connectivity index (χ1n) is 6.77. The summed E-state index contributed by atoms with van der Waals surface area (Å²) < 4.78 is 5.57. The van der Waals surface area contributed by atoms with Crippen LogP contribution in [-0.2, 0) is 9.53 Å². The average Bonchev–Trinajstić information content (AvgIpc) is 2.48. The van der Waals surface area contributed by atoms with Gasteiger partial charge in [0.05, 0.1) is 12.5 Å². The molecule has 2 rings (SSSR count). The molecule has 6 heteroatoms. The standard InChI is InChI=1S/C14H19N3O3/c1-10-5-6-11(20-9-10)8-13(18)16-17-14(19)12-4-2-3-7-15-12/h2-4,7,10-11H,5-6,8-9H2,1H3,(H,16,18)(H,17,19)/t10-,11+/m1/s1. The van der Waals surface area contributed by atoms with Gasteiger partial charge in [-0.05, 0) is 30.9 Å². The number of aromatic nitrogens is 1. The lowest BCUT2D eigenvalue weighted by Crippen LogP contribution is -2.43. The Morgan fingerprint density at radius 3 is 2.85 bits per heavy atom. The maximum Gasteiger partial charge on any atom is 0.288 e. The highest BCUT2D eigenvalue weighted by atomic mass is 16.5. The Morgan fingerprint density at radius 2 is 2.20 bits per heavy atom. The maximum absolute atomic E-state index is 11.7. The molecule has 0 unspecified atom stereocenters. The van der Waals surface area contributed by atoms with Crippen LogP contribution in [-0.4, -0.2) is 29.5 Å². The minimum atomic E-state index is -0.433. The number of nitrogens with zero attached hydrogens (tertiary/aromatic N) is 1. The van der Waals surface area contributed by atoms with Crippen LogP contribution in [0.1, 0.15) is 36.7 Å². The third kappa shape index (κ3) is 4.31. The lowest BCUT2D eigenvalue weighted by Gasteiger charge is -2.26. The second-order valence-electron chi connectivity index (χ2n) is 5.06. The zero-order valence-electron chi connectivity index (χ0n) is 11.5. The first kappa shape index (κ1) is 14.5. The predicted molar refractivity (Wildman–Crippen MR) is 72.6 cm³/mol. The number of hydrogen-bond donors (Lipinski definition) is 2. The van der Waals surface area contributed by atoms with Crippen LogP contribution < -0.4 is 10.9 Å². The molecule has 2 atom stereocenters. The lowest BCUT2D eigenvalue weighted by atomic mass is 9.99. The number of amides is 2. The molecule has 0 aromatic carbocycles. The SMILES string of the molecule is C[C@@H]1CC[C@@H](CC(=O)NNC(=O)c2ccccn2)OC1. The fourth-order valence-electron chi connectivity index (χ4n) is 2.04. The summed E-state index contributed by atoms with van der Waals surface area (Å²) in [5.74, 6) is -0.135. The highest BCUT2D eigenvalue weighted by molar-refractivity contribution is 5.93. The minimum absolute atomic E-state index is 0.0575. The van der Waals surface area contributed by atoms with Gasteiger partial charge in [-0.2, -0.15) is 0 Å². The summed E-state index contributed by atoms with van der Waals surface area (Å²) in [6.07, 6.45) is 3.67. The highest BCUT2D eigenvalue weighted by Crippen LogP contribution is 2.19. The molecule has 0 aliphatic carbocycles. The highest BCUT2D eigenvalue weighted by Gasteiger charge is 2.21. The van der Waals surface area contributed by atoms with Crippen LogP contribution >= 0.6 is 0 Å². The second kappa shape index (κ2) is 7.00. The fraction of sp³-hybridized carbons (Fsp3) is 0.500. The molecule has 108 valence electrons. The van der Waals surface area contributed by atoms with Crippen molar-refractivity contribution in [1.29, 1.82) is 0 Å². The van der Waals surface area contributed by atoms with E-state index in [0.717, 1.165) is 12.8 Å². The molecule has 1 saturated heterocycles. The smallest absolute Gasteiger partial charge is 0.288 e. The monoisotopic (exact) mass is 277 g/mol. The van der Waals surface area contributed by atoms with E-state index in [1.54, 1.807) is 18.2 Å². The molecule has 1 aromatic heterocycles. The number of carbonyl (C=O) groups is 2. The van der Waals surface area contributed by atoms with Crippen LogP contribution in [0.5, 0.6) is 0 Å². The molecule has 0 radical (unpaired) electrons. The maximum atomic E-state index is 11.7. The van der Waals surface area contributed by atoms with Gasteiger partial charge in [0.2, 0.25) is 5.91 Å². The van der Waals surface area contributed by atoms with E-state index in [1.165, 1.54) is 6.20 Å². The number of carbonyl (C=O) groups excluding carboxylic acids is 2. The molecule has 1 aliphatic heterocycles. The summed E-state index contributed by atoms with van der Waals surface area (Å²) >= 11 is 0. The lowest BCUT2D eigenvalue weighted by molar-refractivity contribution is -0.126. The van der Waals surface area contributed by atoms with E-state index < -0.39 is 5.91 Å². The Kier molecular flexibility index (Phi) is 5.06. The van der Waals surface area contributed by atoms with E-state index in [9.17, 15) is 9.59 Å². The van der Waals surface area contributed by atoms with Crippen molar-refractivity contribution in [3.05, 3.63) is 30.1 Å². The average molecular weight is 277 g/mol. The van der Waals surface area contributed by atoms with Crippen molar-refractivity contribution in [3.8, 4) is 0 Å². The van der Waals surface area contributed by atoms with E-state index in [2.05, 4.69) is 22.8 Å². The zero-order valence-corrected chi connectivity index (χ0v) is 11.5. The van der Waals surface area contributed by atoms with Gasteiger partial charge >= 0.3 is 0 Å². The number of ether oxygens (including phenoxy) is 1. The quantitative estimate of drug-likeness (QED) is 0.809. The fourth-order valence-corrected chi connectivity index (χ4v) is 2.04. The van der Waals surface area contributed by atoms with E-state index in [1.807, 2.05) is 0 Å². The van der Waals surface area contributed by atoms with Crippen LogP contribution in [0, 0.1) is 5.92 Å². The van der Waals surface area contributed by atoms with Crippen LogP contribution in [0.15, 0.2) is 24.4 Å². The number of hydrogen-bond acceptors (Lipinski definition) is 4. The summed E-state index contributed by atoms with van der Waals surface area (Å²) in [5, 5.41) is 0. The van der Waals surface area contributed by atoms with Gasteiger partial charge < -0.3 is 4.74 Å². The van der Waals surface area contributed by atoms with Crippen LogP contribution in [0.25, 0.3) is 0 Å². The number of hydrazine groups is 1. The summed E-state index contributed by atoms with van der Waals surface area (Å²) in [4.78, 5) is 27.3. The van der Waals surface area contributed by atoms with Crippen molar-refractivity contribution in [2.75, 3.05) is 6.61 Å². The van der Waals surface area contributed by atoms with Crippen molar-refractivity contribution >= 4 is 11.8 Å². The summed E-state index contributed by atoms with van der Waals surface area (Å²) in [6, 6.07) is 5.00. The molecule has 1 fully saturated rings. The molecule has 1 aromatic rings. The molecule has 0 bridgehead atoms. The van der Waals surface area contributed by atoms with Gasteiger partial charge in [0.1, 0.15) is 5.69 Å². The van der Waals surface area contributed by atoms with Gasteiger partial charge in [-0.1, -0.05) is 13.0 Å². The Bertz CT molecular complexity index is 456. The Balaban J connectivity index is 1.71. The van der Waals surface area contributed by atoms with Gasteiger partial charge in [0.25, 0.3) is 5.91 Å². The van der Waals surface area contributed by atoms with Crippen molar-refractivity contribution in [3.63, 3.8) is 0 Å². The summed E-state index contributed by atoms with van der Waals surface area (Å²) in [6.45, 7) is 2.82. The van der Waals surface area contributed by atoms with Gasteiger partial charge in [0, 0.05) is 12.8 Å². The third-order valence-corrected chi connectivity index (χ3v) is 3.22. The summed E-state index contributed by atoms with van der Waals surface area (Å²) in [7, 11) is 0. The third-order valence-electron chi connectivity index (χ3n) is 3.22. The number of pyridine rings is 1. The largest absolute Gasteiger partial charge is 0.377 e. The molecule has 2 N–H and O–H groups in total. The first-order chi connectivity index (χ1) is 9.65. The second-order valence-corrected chi connectivity index (χ2v) is 5.06. The number of rotatable bonds is 3. The molecule has 0 spiro atoms. The van der Waals surface area contributed by atoms with Crippen LogP contribution in [0.2, 0.25) is 0 Å². The molecular weight excluding hydrogens is 258 g/mol. The Hall–Kier alpha value is -1.95. The van der Waals surface area contributed by atoms with Crippen molar-refractivity contribution < 1.29 is 14.3 Å². The van der Waals surface area contributed by atoms with Gasteiger partial charge in [0.15, 0.2) is 0 Å². The Morgan fingerprint density at radius 1 is 1.35 bits per heavy atom. The van der Waals surface area contributed by atoms with Crippen molar-refractivity contribution in [2.24, 2.45) is 5.92 Å². The van der Waals surface area contributed by atoms with Gasteiger partial charge in [-0.15, -0.1) is 0 Å². The first-order valence-corrected chi connectivity index (χ1v) is 6.77. The van der Waals surface area contributed by atoms with Crippen LogP contribution in [0.4, 0.5) is 0 Å². The van der Waals surface area contributed by atoms with Gasteiger partial charge in [-0.25, -0.2) is 0 Å².